The van der Waals surface area contributed by atoms with Crippen LogP contribution in [0.5, 0.6) is 28.7 Å². The molecule has 5 rings (SSSR count). The molecule has 39 heavy (non-hydrogen) atoms. The van der Waals surface area contributed by atoms with Gasteiger partial charge in [-0.25, -0.2) is 0 Å². The van der Waals surface area contributed by atoms with Gasteiger partial charge in [0.1, 0.15) is 29.6 Å². The molecule has 0 saturated carbocycles. The highest BCUT2D eigenvalue weighted by Crippen LogP contribution is 2.47. The zero-order valence-electron chi connectivity index (χ0n) is 22.7. The van der Waals surface area contributed by atoms with Crippen molar-refractivity contribution in [3.8, 4) is 39.2 Å². The van der Waals surface area contributed by atoms with Crippen LogP contribution in [0.1, 0.15) is 25.7 Å². The van der Waals surface area contributed by atoms with E-state index in [1.54, 1.807) is 25.6 Å². The number of likely N-dealkylation sites (tertiary alicyclic amines) is 1. The molecule has 4 aromatic rings. The number of alkyl halides is 1. The van der Waals surface area contributed by atoms with Crippen LogP contribution < -0.4 is 18.9 Å². The number of hydrogen-bond donors (Lipinski definition) is 0. The highest BCUT2D eigenvalue weighted by atomic mass is 79.9. The van der Waals surface area contributed by atoms with E-state index in [4.69, 9.17) is 18.9 Å². The molecule has 0 N–H and O–H groups in total. The van der Waals surface area contributed by atoms with E-state index >= 15 is 0 Å². The summed E-state index contributed by atoms with van der Waals surface area (Å²) in [5.74, 6) is 5.03. The maximum atomic E-state index is 6.51. The third-order valence-electron chi connectivity index (χ3n) is 7.38. The van der Waals surface area contributed by atoms with Crippen LogP contribution in [0.2, 0.25) is 0 Å². The second-order valence-corrected chi connectivity index (χ2v) is 11.7. The summed E-state index contributed by atoms with van der Waals surface area (Å²) in [6, 6.07) is 22.1. The van der Waals surface area contributed by atoms with E-state index in [0.717, 1.165) is 67.1 Å². The minimum Gasteiger partial charge on any atom is -0.497 e. The lowest BCUT2D eigenvalue weighted by molar-refractivity contribution is 0.151. The molecule has 5 nitrogen and oxygen atoms in total. The smallest absolute Gasteiger partial charge is 0.153 e. The summed E-state index contributed by atoms with van der Waals surface area (Å²) >= 11 is 5.25. The van der Waals surface area contributed by atoms with Gasteiger partial charge in [-0.3, -0.25) is 4.90 Å². The van der Waals surface area contributed by atoms with Crippen LogP contribution in [-0.2, 0) is 0 Å². The minimum atomic E-state index is 0.699. The number of benzene rings is 3. The summed E-state index contributed by atoms with van der Waals surface area (Å²) in [4.78, 5) is 3.59. The van der Waals surface area contributed by atoms with E-state index in [1.165, 1.54) is 38.8 Å². The first-order valence-electron chi connectivity index (χ1n) is 13.6. The van der Waals surface area contributed by atoms with E-state index in [2.05, 4.69) is 45.1 Å². The predicted molar refractivity (Wildman–Crippen MR) is 165 cm³/mol. The fraction of sp³-hybridized carbons (Fsp3) is 0.375. The van der Waals surface area contributed by atoms with Gasteiger partial charge in [0, 0.05) is 22.0 Å². The molecular weight excluding hydrogens is 574 g/mol. The molecule has 1 aliphatic heterocycles. The van der Waals surface area contributed by atoms with Crippen molar-refractivity contribution in [1.82, 2.24) is 4.90 Å². The first-order valence-corrected chi connectivity index (χ1v) is 15.5. The van der Waals surface area contributed by atoms with E-state index < -0.39 is 0 Å². The second-order valence-electron chi connectivity index (χ2n) is 9.89. The third kappa shape index (κ3) is 7.07. The van der Waals surface area contributed by atoms with E-state index in [0.29, 0.717) is 6.61 Å². The van der Waals surface area contributed by atoms with Crippen LogP contribution in [-0.4, -0.2) is 50.7 Å². The summed E-state index contributed by atoms with van der Waals surface area (Å²) in [5.41, 5.74) is 1.08. The third-order valence-corrected chi connectivity index (χ3v) is 9.12. The Balaban J connectivity index is 1.24. The molecule has 0 spiro atoms. The average molecular weight is 611 g/mol. The standard InChI is InChI=1S/C32H36BrNO4S/c1-35-25-7-5-24(6-8-25)32-31(29-14-13-28(36-2)22-30(29)39-32)38-27-11-9-26(10-12-27)37-21-20-34-18-15-23(16-19-34)4-3-17-33/h5-14,22-23H,3-4,15-21H2,1-2H3. The lowest BCUT2D eigenvalue weighted by Gasteiger charge is -2.31. The lowest BCUT2D eigenvalue weighted by atomic mass is 9.92. The quantitative estimate of drug-likeness (QED) is 0.150. The molecular formula is C32H36BrNO4S. The van der Waals surface area contributed by atoms with Crippen LogP contribution in [0, 0.1) is 5.92 Å². The second kappa shape index (κ2) is 13.6. The highest BCUT2D eigenvalue weighted by Gasteiger charge is 2.19. The van der Waals surface area contributed by atoms with Gasteiger partial charge < -0.3 is 18.9 Å². The largest absolute Gasteiger partial charge is 0.497 e. The SMILES string of the molecule is COc1ccc(-c2sc3cc(OC)ccc3c2Oc2ccc(OCCN3CCC(CCCBr)CC3)cc2)cc1. The topological polar surface area (TPSA) is 40.2 Å². The Hall–Kier alpha value is -2.74. The Morgan fingerprint density at radius 1 is 0.846 bits per heavy atom. The molecule has 2 heterocycles. The van der Waals surface area contributed by atoms with Crippen LogP contribution in [0.3, 0.4) is 0 Å². The van der Waals surface area contributed by atoms with Gasteiger partial charge in [-0.2, -0.15) is 0 Å². The van der Waals surface area contributed by atoms with Crippen LogP contribution in [0.4, 0.5) is 0 Å². The van der Waals surface area contributed by atoms with Gasteiger partial charge in [0.25, 0.3) is 0 Å². The molecule has 0 atom stereocenters. The summed E-state index contributed by atoms with van der Waals surface area (Å²) < 4.78 is 24.5. The van der Waals surface area contributed by atoms with Crippen LogP contribution in [0.15, 0.2) is 66.7 Å². The zero-order chi connectivity index (χ0) is 27.0. The molecule has 7 heteroatoms. The molecule has 0 amide bonds. The van der Waals surface area contributed by atoms with Crippen molar-refractivity contribution < 1.29 is 18.9 Å². The average Bonchev–Trinajstić information content (AvgIpc) is 3.34. The molecule has 0 aliphatic carbocycles. The Bertz CT molecular complexity index is 1330. The van der Waals surface area contributed by atoms with E-state index in [1.807, 2.05) is 42.5 Å². The van der Waals surface area contributed by atoms with Gasteiger partial charge >= 0.3 is 0 Å². The Morgan fingerprint density at radius 2 is 1.51 bits per heavy atom. The number of thiophene rings is 1. The van der Waals surface area contributed by atoms with Crippen molar-refractivity contribution in [3.05, 3.63) is 66.7 Å². The molecule has 1 saturated heterocycles. The molecule has 0 unspecified atom stereocenters. The number of nitrogens with zero attached hydrogens (tertiary/aromatic N) is 1. The Morgan fingerprint density at radius 3 is 2.21 bits per heavy atom. The van der Waals surface area contributed by atoms with Crippen molar-refractivity contribution in [1.29, 1.82) is 0 Å². The number of halogens is 1. The molecule has 1 aromatic heterocycles. The normalized spacial score (nSPS) is 14.4. The van der Waals surface area contributed by atoms with E-state index in [-0.39, 0.29) is 0 Å². The molecule has 1 fully saturated rings. The van der Waals surface area contributed by atoms with Crippen LogP contribution >= 0.6 is 27.3 Å². The van der Waals surface area contributed by atoms with E-state index in [9.17, 15) is 0 Å². The van der Waals surface area contributed by atoms with Gasteiger partial charge in [-0.05, 0) is 117 Å². The maximum Gasteiger partial charge on any atom is 0.153 e. The Kier molecular flexibility index (Phi) is 9.67. The number of hydrogen-bond acceptors (Lipinski definition) is 6. The molecule has 0 bridgehead atoms. The highest BCUT2D eigenvalue weighted by molar-refractivity contribution is 9.09. The van der Waals surface area contributed by atoms with Gasteiger partial charge in [0.15, 0.2) is 5.75 Å². The van der Waals surface area contributed by atoms with Crippen molar-refractivity contribution in [2.75, 3.05) is 45.8 Å². The first kappa shape index (κ1) is 27.8. The van der Waals surface area contributed by atoms with Crippen molar-refractivity contribution >= 4 is 37.4 Å². The Labute approximate surface area is 243 Å². The zero-order valence-corrected chi connectivity index (χ0v) is 25.1. The number of fused-ring (bicyclic) bond motifs is 1. The minimum absolute atomic E-state index is 0.699. The van der Waals surface area contributed by atoms with Gasteiger partial charge in [0.2, 0.25) is 0 Å². The van der Waals surface area contributed by atoms with Gasteiger partial charge in [-0.1, -0.05) is 15.9 Å². The molecule has 1 aliphatic rings. The van der Waals surface area contributed by atoms with Crippen molar-refractivity contribution in [2.24, 2.45) is 5.92 Å². The maximum absolute atomic E-state index is 6.51. The monoisotopic (exact) mass is 609 g/mol. The van der Waals surface area contributed by atoms with Crippen molar-refractivity contribution in [3.63, 3.8) is 0 Å². The molecule has 3 aromatic carbocycles. The fourth-order valence-electron chi connectivity index (χ4n) is 5.09. The van der Waals surface area contributed by atoms with Crippen molar-refractivity contribution in [2.45, 2.75) is 25.7 Å². The summed E-state index contributed by atoms with van der Waals surface area (Å²) in [7, 11) is 3.37. The molecule has 0 radical (unpaired) electrons. The number of methoxy groups -OCH3 is 2. The molecule has 206 valence electrons. The first-order chi connectivity index (χ1) is 19.2. The number of ether oxygens (including phenoxy) is 4. The number of rotatable bonds is 12. The predicted octanol–water partition coefficient (Wildman–Crippen LogP) is 8.64. The van der Waals surface area contributed by atoms with Crippen LogP contribution in [0.25, 0.3) is 20.5 Å². The van der Waals surface area contributed by atoms with Gasteiger partial charge in [0.05, 0.1) is 19.1 Å². The fourth-order valence-corrected chi connectivity index (χ4v) is 6.58. The summed E-state index contributed by atoms with van der Waals surface area (Å²) in [5, 5.41) is 2.18. The summed E-state index contributed by atoms with van der Waals surface area (Å²) in [6.07, 6.45) is 5.25. The summed E-state index contributed by atoms with van der Waals surface area (Å²) in [6.45, 7) is 4.03. The van der Waals surface area contributed by atoms with Gasteiger partial charge in [-0.15, -0.1) is 11.3 Å². The lowest BCUT2D eigenvalue weighted by Crippen LogP contribution is -2.36. The number of piperidine rings is 1.